The molecule has 1 nitrogen and oxygen atoms in total. The summed E-state index contributed by atoms with van der Waals surface area (Å²) >= 11 is 12.4. The van der Waals surface area contributed by atoms with E-state index in [1.54, 1.807) is 0 Å². The summed E-state index contributed by atoms with van der Waals surface area (Å²) in [6, 6.07) is 5.90. The Labute approximate surface area is 108 Å². The van der Waals surface area contributed by atoms with Crippen molar-refractivity contribution in [1.29, 1.82) is 0 Å². The van der Waals surface area contributed by atoms with Gasteiger partial charge in [0.1, 0.15) is 0 Å². The average Bonchev–Trinajstić information content (AvgIpc) is 2.27. The van der Waals surface area contributed by atoms with Gasteiger partial charge in [-0.15, -0.1) is 0 Å². The molecule has 3 heteroatoms. The van der Waals surface area contributed by atoms with Crippen molar-refractivity contribution in [1.82, 2.24) is 5.32 Å². The molecule has 0 radical (unpaired) electrons. The lowest BCUT2D eigenvalue weighted by molar-refractivity contribution is 0.422. The normalized spacial score (nSPS) is 14.8. The average molecular weight is 260 g/mol. The molecule has 0 amide bonds. The number of halogens is 2. The van der Waals surface area contributed by atoms with E-state index in [1.165, 1.54) is 6.42 Å². The second-order valence-corrected chi connectivity index (χ2v) is 5.04. The number of rotatable bonds is 5. The molecule has 0 saturated heterocycles. The lowest BCUT2D eigenvalue weighted by Crippen LogP contribution is -2.19. The van der Waals surface area contributed by atoms with Gasteiger partial charge in [-0.25, -0.2) is 0 Å². The Morgan fingerprint density at radius 3 is 2.25 bits per heavy atom. The third kappa shape index (κ3) is 3.38. The molecule has 0 aliphatic heterocycles. The van der Waals surface area contributed by atoms with Gasteiger partial charge in [-0.1, -0.05) is 49.5 Å². The van der Waals surface area contributed by atoms with Gasteiger partial charge in [-0.2, -0.15) is 0 Å². The minimum Gasteiger partial charge on any atom is -0.313 e. The minimum absolute atomic E-state index is 0.233. The Kier molecular flexibility index (Phi) is 5.60. The first kappa shape index (κ1) is 13.8. The van der Waals surface area contributed by atoms with Crippen LogP contribution in [0.3, 0.4) is 0 Å². The van der Waals surface area contributed by atoms with Crippen molar-refractivity contribution in [2.75, 3.05) is 7.05 Å². The van der Waals surface area contributed by atoms with Crippen molar-refractivity contribution >= 4 is 23.2 Å². The largest absolute Gasteiger partial charge is 0.313 e. The predicted octanol–water partition coefficient (Wildman–Crippen LogP) is 4.69. The van der Waals surface area contributed by atoms with Crippen molar-refractivity contribution in [3.05, 3.63) is 33.8 Å². The fourth-order valence-electron chi connectivity index (χ4n) is 1.79. The summed E-state index contributed by atoms with van der Waals surface area (Å²) in [6.07, 6.45) is 2.22. The standard InChI is InChI=1S/C13H19Cl2N/c1-4-9(2)8-12(16-3)13-10(14)6-5-7-11(13)15/h5-7,9,12,16H,4,8H2,1-3H3. The van der Waals surface area contributed by atoms with Crippen molar-refractivity contribution < 1.29 is 0 Å². The van der Waals surface area contributed by atoms with Crippen LogP contribution in [0.25, 0.3) is 0 Å². The molecule has 0 aliphatic rings. The Hall–Kier alpha value is -0.240. The van der Waals surface area contributed by atoms with Gasteiger partial charge >= 0.3 is 0 Å². The summed E-state index contributed by atoms with van der Waals surface area (Å²) in [5, 5.41) is 4.79. The molecule has 0 saturated carbocycles. The molecule has 0 heterocycles. The van der Waals surface area contributed by atoms with Crippen LogP contribution in [0.1, 0.15) is 38.3 Å². The highest BCUT2D eigenvalue weighted by Crippen LogP contribution is 2.33. The van der Waals surface area contributed by atoms with Crippen LogP contribution in [-0.4, -0.2) is 7.05 Å². The first-order valence-corrected chi connectivity index (χ1v) is 6.46. The predicted molar refractivity (Wildman–Crippen MR) is 72.3 cm³/mol. The van der Waals surface area contributed by atoms with Crippen molar-refractivity contribution in [2.45, 2.75) is 32.7 Å². The van der Waals surface area contributed by atoms with Gasteiger partial charge in [0.05, 0.1) is 0 Å². The molecule has 16 heavy (non-hydrogen) atoms. The zero-order valence-corrected chi connectivity index (χ0v) is 11.6. The van der Waals surface area contributed by atoms with E-state index in [1.807, 2.05) is 25.2 Å². The van der Waals surface area contributed by atoms with E-state index in [0.29, 0.717) is 5.92 Å². The fraction of sp³-hybridized carbons (Fsp3) is 0.538. The van der Waals surface area contributed by atoms with Gasteiger partial charge in [-0.05, 0) is 31.5 Å². The Morgan fingerprint density at radius 1 is 1.25 bits per heavy atom. The third-order valence-electron chi connectivity index (χ3n) is 3.03. The van der Waals surface area contributed by atoms with E-state index in [4.69, 9.17) is 23.2 Å². The maximum atomic E-state index is 6.21. The van der Waals surface area contributed by atoms with Crippen LogP contribution in [-0.2, 0) is 0 Å². The van der Waals surface area contributed by atoms with E-state index in [9.17, 15) is 0 Å². The number of hydrogen-bond donors (Lipinski definition) is 1. The molecule has 2 unspecified atom stereocenters. The molecule has 0 bridgehead atoms. The van der Waals surface area contributed by atoms with Crippen LogP contribution in [0.4, 0.5) is 0 Å². The molecule has 2 atom stereocenters. The number of benzene rings is 1. The van der Waals surface area contributed by atoms with Gasteiger partial charge in [0, 0.05) is 21.7 Å². The van der Waals surface area contributed by atoms with Crippen LogP contribution in [0.2, 0.25) is 10.0 Å². The van der Waals surface area contributed by atoms with E-state index in [-0.39, 0.29) is 6.04 Å². The van der Waals surface area contributed by atoms with E-state index in [0.717, 1.165) is 22.0 Å². The summed E-state index contributed by atoms with van der Waals surface area (Å²) in [6.45, 7) is 4.45. The number of nitrogens with one attached hydrogen (secondary N) is 1. The quantitative estimate of drug-likeness (QED) is 0.809. The van der Waals surface area contributed by atoms with Crippen molar-refractivity contribution in [3.63, 3.8) is 0 Å². The van der Waals surface area contributed by atoms with Crippen LogP contribution in [0, 0.1) is 5.92 Å². The molecular formula is C13H19Cl2N. The van der Waals surface area contributed by atoms with E-state index in [2.05, 4.69) is 19.2 Å². The highest BCUT2D eigenvalue weighted by atomic mass is 35.5. The zero-order chi connectivity index (χ0) is 12.1. The fourth-order valence-corrected chi connectivity index (χ4v) is 2.45. The van der Waals surface area contributed by atoms with Crippen LogP contribution in [0.15, 0.2) is 18.2 Å². The maximum Gasteiger partial charge on any atom is 0.0468 e. The Bertz CT molecular complexity index is 318. The topological polar surface area (TPSA) is 12.0 Å². The van der Waals surface area contributed by atoms with E-state index < -0.39 is 0 Å². The summed E-state index contributed by atoms with van der Waals surface area (Å²) < 4.78 is 0. The van der Waals surface area contributed by atoms with Gasteiger partial charge in [0.15, 0.2) is 0 Å². The van der Waals surface area contributed by atoms with Gasteiger partial charge < -0.3 is 5.32 Å². The molecule has 0 aliphatic carbocycles. The van der Waals surface area contributed by atoms with Crippen molar-refractivity contribution in [3.8, 4) is 0 Å². The molecule has 1 rings (SSSR count). The first-order valence-electron chi connectivity index (χ1n) is 5.71. The minimum atomic E-state index is 0.233. The lowest BCUT2D eigenvalue weighted by atomic mass is 9.94. The Morgan fingerprint density at radius 2 is 1.81 bits per heavy atom. The molecular weight excluding hydrogens is 241 g/mol. The molecule has 0 fully saturated rings. The molecule has 1 aromatic carbocycles. The zero-order valence-electron chi connectivity index (χ0n) is 10.1. The second-order valence-electron chi connectivity index (χ2n) is 4.23. The van der Waals surface area contributed by atoms with Gasteiger partial charge in [-0.3, -0.25) is 0 Å². The third-order valence-corrected chi connectivity index (χ3v) is 3.69. The smallest absolute Gasteiger partial charge is 0.0468 e. The highest BCUT2D eigenvalue weighted by molar-refractivity contribution is 6.36. The Balaban J connectivity index is 2.94. The van der Waals surface area contributed by atoms with Gasteiger partial charge in [0.25, 0.3) is 0 Å². The first-order chi connectivity index (χ1) is 7.60. The second kappa shape index (κ2) is 6.48. The monoisotopic (exact) mass is 259 g/mol. The van der Waals surface area contributed by atoms with Crippen LogP contribution in [0.5, 0.6) is 0 Å². The van der Waals surface area contributed by atoms with Crippen LogP contribution >= 0.6 is 23.2 Å². The summed E-state index contributed by atoms with van der Waals surface area (Å²) in [5.41, 5.74) is 1.02. The van der Waals surface area contributed by atoms with Gasteiger partial charge in [0.2, 0.25) is 0 Å². The van der Waals surface area contributed by atoms with Crippen molar-refractivity contribution in [2.24, 2.45) is 5.92 Å². The molecule has 1 N–H and O–H groups in total. The molecule has 0 spiro atoms. The molecule has 90 valence electrons. The summed E-state index contributed by atoms with van der Waals surface area (Å²) in [4.78, 5) is 0. The van der Waals surface area contributed by atoms with E-state index >= 15 is 0 Å². The van der Waals surface area contributed by atoms with Crippen LogP contribution < -0.4 is 5.32 Å². The highest BCUT2D eigenvalue weighted by Gasteiger charge is 2.18. The summed E-state index contributed by atoms with van der Waals surface area (Å²) in [5.74, 6) is 0.657. The summed E-state index contributed by atoms with van der Waals surface area (Å²) in [7, 11) is 1.95. The lowest BCUT2D eigenvalue weighted by Gasteiger charge is -2.22. The molecule has 1 aromatic rings. The number of hydrogen-bond acceptors (Lipinski definition) is 1. The SMILES string of the molecule is CCC(C)CC(NC)c1c(Cl)cccc1Cl. The molecule has 0 aromatic heterocycles. The maximum absolute atomic E-state index is 6.21.